The number of carbonyl (C=O) groups is 1. The maximum absolute atomic E-state index is 12.2. The molecule has 0 saturated heterocycles. The number of anilines is 1. The minimum absolute atomic E-state index is 0.135. The molecule has 2 heterocycles. The number of amides is 1. The molecule has 6 nitrogen and oxygen atoms in total. The normalized spacial score (nSPS) is 13.7. The SMILES string of the molecule is Cc1cc(C)c(-c2csc(NC(=O)CSc3nnc(C4CC4)o3)n2)cc1C. The van der Waals surface area contributed by atoms with Gasteiger partial charge in [-0.05, 0) is 56.4 Å². The molecule has 0 unspecified atom stereocenters. The summed E-state index contributed by atoms with van der Waals surface area (Å²) < 4.78 is 5.55. The van der Waals surface area contributed by atoms with Crippen molar-refractivity contribution in [1.82, 2.24) is 15.2 Å². The average molecular weight is 401 g/mol. The summed E-state index contributed by atoms with van der Waals surface area (Å²) >= 11 is 2.67. The molecule has 4 rings (SSSR count). The Morgan fingerprint density at radius 1 is 1.22 bits per heavy atom. The van der Waals surface area contributed by atoms with E-state index in [0.29, 0.717) is 22.2 Å². The Morgan fingerprint density at radius 2 is 2.00 bits per heavy atom. The summed E-state index contributed by atoms with van der Waals surface area (Å²) in [6.07, 6.45) is 2.22. The average Bonchev–Trinajstić information content (AvgIpc) is 3.20. The van der Waals surface area contributed by atoms with Crippen LogP contribution in [0.25, 0.3) is 11.3 Å². The summed E-state index contributed by atoms with van der Waals surface area (Å²) in [5, 5.41) is 13.9. The van der Waals surface area contributed by atoms with Crippen LogP contribution in [0, 0.1) is 20.8 Å². The quantitative estimate of drug-likeness (QED) is 0.603. The first-order valence-corrected chi connectivity index (χ1v) is 10.7. The highest BCUT2D eigenvalue weighted by molar-refractivity contribution is 7.99. The van der Waals surface area contributed by atoms with Gasteiger partial charge in [0.25, 0.3) is 5.22 Å². The zero-order valence-electron chi connectivity index (χ0n) is 15.4. The van der Waals surface area contributed by atoms with Crippen LogP contribution in [0.4, 0.5) is 5.13 Å². The van der Waals surface area contributed by atoms with Crippen LogP contribution in [-0.4, -0.2) is 26.8 Å². The molecule has 0 aliphatic heterocycles. The molecule has 1 aromatic carbocycles. The van der Waals surface area contributed by atoms with Crippen LogP contribution in [0.1, 0.15) is 41.3 Å². The van der Waals surface area contributed by atoms with Crippen LogP contribution in [0.2, 0.25) is 0 Å². The van der Waals surface area contributed by atoms with Crippen LogP contribution in [0.15, 0.2) is 27.2 Å². The lowest BCUT2D eigenvalue weighted by atomic mass is 9.99. The fourth-order valence-electron chi connectivity index (χ4n) is 2.75. The van der Waals surface area contributed by atoms with E-state index in [1.54, 1.807) is 0 Å². The highest BCUT2D eigenvalue weighted by atomic mass is 32.2. The minimum atomic E-state index is -0.135. The van der Waals surface area contributed by atoms with Crippen molar-refractivity contribution in [2.24, 2.45) is 0 Å². The van der Waals surface area contributed by atoms with Crippen molar-refractivity contribution >= 4 is 34.1 Å². The highest BCUT2D eigenvalue weighted by Gasteiger charge is 2.29. The van der Waals surface area contributed by atoms with Gasteiger partial charge in [0.05, 0.1) is 11.4 Å². The first kappa shape index (κ1) is 18.2. The Balaban J connectivity index is 1.37. The fourth-order valence-corrected chi connectivity index (χ4v) is 4.04. The van der Waals surface area contributed by atoms with Crippen molar-refractivity contribution in [3.8, 4) is 11.3 Å². The van der Waals surface area contributed by atoms with E-state index in [9.17, 15) is 4.79 Å². The van der Waals surface area contributed by atoms with Crippen molar-refractivity contribution in [3.63, 3.8) is 0 Å². The van der Waals surface area contributed by atoms with Gasteiger partial charge in [-0.25, -0.2) is 4.98 Å². The van der Waals surface area contributed by atoms with Crippen molar-refractivity contribution in [2.75, 3.05) is 11.1 Å². The first-order valence-electron chi connectivity index (χ1n) is 8.79. The van der Waals surface area contributed by atoms with Gasteiger partial charge in [0, 0.05) is 16.9 Å². The van der Waals surface area contributed by atoms with Crippen molar-refractivity contribution in [2.45, 2.75) is 44.8 Å². The summed E-state index contributed by atoms with van der Waals surface area (Å²) in [5.41, 5.74) is 5.66. The molecule has 1 saturated carbocycles. The number of hydrogen-bond acceptors (Lipinski definition) is 7. The molecule has 0 spiro atoms. The second kappa shape index (κ2) is 7.44. The number of benzene rings is 1. The first-order chi connectivity index (χ1) is 13.0. The second-order valence-electron chi connectivity index (χ2n) is 6.81. The molecule has 0 bridgehead atoms. The van der Waals surface area contributed by atoms with Crippen LogP contribution < -0.4 is 5.32 Å². The third-order valence-corrected chi connectivity index (χ3v) is 6.12. The van der Waals surface area contributed by atoms with Gasteiger partial charge >= 0.3 is 0 Å². The van der Waals surface area contributed by atoms with Crippen molar-refractivity contribution in [3.05, 3.63) is 40.1 Å². The largest absolute Gasteiger partial charge is 0.416 e. The van der Waals surface area contributed by atoms with Gasteiger partial charge in [-0.3, -0.25) is 4.79 Å². The predicted molar refractivity (Wildman–Crippen MR) is 107 cm³/mol. The zero-order chi connectivity index (χ0) is 19.0. The fraction of sp³-hybridized carbons (Fsp3) is 0.368. The van der Waals surface area contributed by atoms with Gasteiger partial charge in [0.2, 0.25) is 11.8 Å². The molecular formula is C19H20N4O2S2. The Labute approximate surface area is 165 Å². The van der Waals surface area contributed by atoms with E-state index >= 15 is 0 Å². The predicted octanol–water partition coefficient (Wildman–Crippen LogP) is 4.73. The molecule has 0 atom stereocenters. The zero-order valence-corrected chi connectivity index (χ0v) is 17.0. The molecule has 1 fully saturated rings. The van der Waals surface area contributed by atoms with Gasteiger partial charge in [-0.15, -0.1) is 21.5 Å². The van der Waals surface area contributed by atoms with Gasteiger partial charge in [0.15, 0.2) is 5.13 Å². The number of hydrogen-bond donors (Lipinski definition) is 1. The molecule has 1 amide bonds. The lowest BCUT2D eigenvalue weighted by Gasteiger charge is -2.07. The van der Waals surface area contributed by atoms with Crippen LogP contribution in [-0.2, 0) is 4.79 Å². The molecule has 3 aromatic rings. The van der Waals surface area contributed by atoms with E-state index in [0.717, 1.165) is 24.1 Å². The Kier molecular flexibility index (Phi) is 5.01. The van der Waals surface area contributed by atoms with Crippen molar-refractivity contribution < 1.29 is 9.21 Å². The van der Waals surface area contributed by atoms with Gasteiger partial charge in [-0.2, -0.15) is 0 Å². The number of thiazole rings is 1. The number of aromatic nitrogens is 3. The number of nitrogens with zero attached hydrogens (tertiary/aromatic N) is 3. The molecule has 0 radical (unpaired) electrons. The monoisotopic (exact) mass is 400 g/mol. The molecule has 1 aliphatic rings. The van der Waals surface area contributed by atoms with Crippen LogP contribution in [0.5, 0.6) is 0 Å². The van der Waals surface area contributed by atoms with E-state index in [-0.39, 0.29) is 11.7 Å². The molecule has 1 N–H and O–H groups in total. The third kappa shape index (κ3) is 4.22. The Morgan fingerprint density at radius 3 is 2.78 bits per heavy atom. The highest BCUT2D eigenvalue weighted by Crippen LogP contribution is 2.39. The van der Waals surface area contributed by atoms with Gasteiger partial charge in [0.1, 0.15) is 0 Å². The smallest absolute Gasteiger partial charge is 0.277 e. The van der Waals surface area contributed by atoms with E-state index in [2.05, 4.69) is 53.4 Å². The lowest BCUT2D eigenvalue weighted by Crippen LogP contribution is -2.13. The molecule has 1 aliphatic carbocycles. The van der Waals surface area contributed by atoms with Crippen LogP contribution in [0.3, 0.4) is 0 Å². The maximum Gasteiger partial charge on any atom is 0.277 e. The van der Waals surface area contributed by atoms with E-state index in [1.165, 1.54) is 39.8 Å². The summed E-state index contributed by atoms with van der Waals surface area (Å²) in [4.78, 5) is 16.8. The number of thioether (sulfide) groups is 1. The van der Waals surface area contributed by atoms with E-state index in [4.69, 9.17) is 4.42 Å². The van der Waals surface area contributed by atoms with Crippen LogP contribution >= 0.6 is 23.1 Å². The minimum Gasteiger partial charge on any atom is -0.416 e. The lowest BCUT2D eigenvalue weighted by molar-refractivity contribution is -0.113. The summed E-state index contributed by atoms with van der Waals surface area (Å²) in [6, 6.07) is 4.31. The maximum atomic E-state index is 12.2. The third-order valence-electron chi connectivity index (χ3n) is 4.54. The molecule has 2 aromatic heterocycles. The molecule has 27 heavy (non-hydrogen) atoms. The summed E-state index contributed by atoms with van der Waals surface area (Å²) in [6.45, 7) is 6.28. The molecule has 8 heteroatoms. The topological polar surface area (TPSA) is 80.9 Å². The number of nitrogens with one attached hydrogen (secondary N) is 1. The standard InChI is InChI=1S/C19H20N4O2S2/c1-10-6-12(3)14(7-11(10)2)15-8-26-18(20-15)21-16(24)9-27-19-23-22-17(25-19)13-4-5-13/h6-8,13H,4-5,9H2,1-3H3,(H,20,21,24). The Bertz CT molecular complexity index is 992. The van der Waals surface area contributed by atoms with Crippen molar-refractivity contribution in [1.29, 1.82) is 0 Å². The molecular weight excluding hydrogens is 380 g/mol. The molecule has 140 valence electrons. The summed E-state index contributed by atoms with van der Waals surface area (Å²) in [7, 11) is 0. The Hall–Kier alpha value is -2.19. The van der Waals surface area contributed by atoms with Gasteiger partial charge in [-0.1, -0.05) is 17.8 Å². The second-order valence-corrected chi connectivity index (χ2v) is 8.59. The van der Waals surface area contributed by atoms with E-state index < -0.39 is 0 Å². The van der Waals surface area contributed by atoms with E-state index in [1.807, 2.05) is 5.38 Å². The summed E-state index contributed by atoms with van der Waals surface area (Å²) in [5.74, 6) is 1.18. The number of rotatable bonds is 6. The number of aryl methyl sites for hydroxylation is 3. The van der Waals surface area contributed by atoms with Gasteiger partial charge < -0.3 is 9.73 Å². The number of carbonyl (C=O) groups excluding carboxylic acids is 1.